The molecule has 0 aromatic heterocycles. The zero-order valence-corrected chi connectivity index (χ0v) is 18.0. The molecule has 0 radical (unpaired) electrons. The predicted molar refractivity (Wildman–Crippen MR) is 130 cm³/mol. The Hall–Kier alpha value is -3.41. The van der Waals surface area contributed by atoms with Crippen molar-refractivity contribution in [3.05, 3.63) is 133 Å². The molecule has 6 rings (SSSR count). The monoisotopic (exact) mass is 440 g/mol. The molecule has 0 atom stereocenters. The van der Waals surface area contributed by atoms with Crippen LogP contribution >= 0.6 is 0 Å². The molecule has 0 fully saturated rings. The fraction of sp³-hybridized carbons (Fsp3) is 0. The van der Waals surface area contributed by atoms with E-state index in [9.17, 15) is 0 Å². The van der Waals surface area contributed by atoms with Gasteiger partial charge in [-0.2, -0.15) is 0 Å². The van der Waals surface area contributed by atoms with Crippen molar-refractivity contribution in [3.63, 3.8) is 0 Å². The molecule has 0 bridgehead atoms. The van der Waals surface area contributed by atoms with E-state index in [0.717, 1.165) is 0 Å². The molecule has 0 saturated carbocycles. The third-order valence-corrected chi connectivity index (χ3v) is 5.45. The van der Waals surface area contributed by atoms with E-state index < -0.39 is 0 Å². The summed E-state index contributed by atoms with van der Waals surface area (Å²) in [7, 11) is 0. The summed E-state index contributed by atoms with van der Waals surface area (Å²) in [5.74, 6) is 0. The van der Waals surface area contributed by atoms with E-state index in [1.54, 1.807) is 0 Å². The summed E-state index contributed by atoms with van der Waals surface area (Å²) in [5.41, 5.74) is 5.18. The van der Waals surface area contributed by atoms with E-state index in [-0.39, 0.29) is 16.5 Å². The summed E-state index contributed by atoms with van der Waals surface area (Å²) in [6.45, 7) is 0. The topological polar surface area (TPSA) is 0 Å². The Balaban J connectivity index is 0.000000144. The molecule has 0 aliphatic rings. The van der Waals surface area contributed by atoms with Crippen molar-refractivity contribution in [2.45, 2.75) is 0 Å². The summed E-state index contributed by atoms with van der Waals surface area (Å²) >= 11 is 0. The van der Waals surface area contributed by atoms with Crippen molar-refractivity contribution in [2.24, 2.45) is 0 Å². The third-order valence-electron chi connectivity index (χ3n) is 5.45. The van der Waals surface area contributed by atoms with Crippen LogP contribution in [0.1, 0.15) is 0 Å². The molecule has 0 heterocycles. The number of benzene rings is 4. The van der Waals surface area contributed by atoms with Gasteiger partial charge < -0.3 is 0 Å². The van der Waals surface area contributed by atoms with Gasteiger partial charge in [0.1, 0.15) is 0 Å². The van der Waals surface area contributed by atoms with Crippen molar-refractivity contribution in [1.82, 2.24) is 0 Å². The zero-order chi connectivity index (χ0) is 20.2. The van der Waals surface area contributed by atoms with E-state index in [0.29, 0.717) is 0 Å². The van der Waals surface area contributed by atoms with Crippen LogP contribution in [0.5, 0.6) is 0 Å². The van der Waals surface area contributed by atoms with E-state index in [1.807, 2.05) is 12.1 Å². The number of rotatable bonds is 2. The van der Waals surface area contributed by atoms with Gasteiger partial charge in [0.2, 0.25) is 0 Å². The van der Waals surface area contributed by atoms with E-state index in [2.05, 4.69) is 121 Å². The minimum Gasteiger partial charge on any atom is -0.145 e. The smallest absolute Gasteiger partial charge is 0.145 e. The number of hydrogen-bond donors (Lipinski definition) is 0. The molecule has 0 unspecified atom stereocenters. The molecule has 0 spiro atoms. The summed E-state index contributed by atoms with van der Waals surface area (Å²) in [5, 5.41) is 5.26. The summed E-state index contributed by atoms with van der Waals surface area (Å²) in [6.07, 6.45) is 0. The second kappa shape index (κ2) is 9.60. The van der Waals surface area contributed by atoms with Gasteiger partial charge in [-0.1, -0.05) is 108 Å². The standard InChI is InChI=1S/2C15H11.Ni/c2*1-2-6-12(7-3-1)15-10-13-8-4-5-9-14(13)11-15;/h2*1-11H;/q2*-1;+2. The second-order valence-corrected chi connectivity index (χ2v) is 7.48. The first-order valence-electron chi connectivity index (χ1n) is 10.3. The van der Waals surface area contributed by atoms with Crippen molar-refractivity contribution in [3.8, 4) is 22.3 Å². The molecule has 0 nitrogen and oxygen atoms in total. The summed E-state index contributed by atoms with van der Waals surface area (Å²) in [4.78, 5) is 0. The third kappa shape index (κ3) is 4.69. The molecular formula is C30H22Ni. The molecule has 0 aliphatic carbocycles. The SMILES string of the molecule is [Ni+2].c1ccc(-c2cc3ccccc3[cH-]2)cc1.c1ccc(-c2cc3ccccc3[cH-]2)cc1. The van der Waals surface area contributed by atoms with Gasteiger partial charge in [0, 0.05) is 0 Å². The van der Waals surface area contributed by atoms with Crippen LogP contribution in [-0.2, 0) is 16.5 Å². The van der Waals surface area contributed by atoms with Crippen molar-refractivity contribution in [2.75, 3.05) is 0 Å². The van der Waals surface area contributed by atoms with Crippen LogP contribution in [0.2, 0.25) is 0 Å². The van der Waals surface area contributed by atoms with Gasteiger partial charge in [-0.05, 0) is 0 Å². The molecule has 0 amide bonds. The molecule has 31 heavy (non-hydrogen) atoms. The predicted octanol–water partition coefficient (Wildman–Crippen LogP) is 8.45. The Kier molecular flexibility index (Phi) is 6.46. The van der Waals surface area contributed by atoms with Crippen LogP contribution in [0.4, 0.5) is 0 Å². The van der Waals surface area contributed by atoms with Gasteiger partial charge in [-0.25, -0.2) is 0 Å². The zero-order valence-electron chi connectivity index (χ0n) is 17.0. The van der Waals surface area contributed by atoms with Crippen molar-refractivity contribution in [1.29, 1.82) is 0 Å². The van der Waals surface area contributed by atoms with E-state index in [4.69, 9.17) is 0 Å². The molecule has 0 N–H and O–H groups in total. The first-order valence-corrected chi connectivity index (χ1v) is 10.3. The Morgan fingerprint density at radius 2 is 0.742 bits per heavy atom. The molecule has 0 aliphatic heterocycles. The van der Waals surface area contributed by atoms with Gasteiger partial charge in [0.15, 0.2) is 0 Å². The van der Waals surface area contributed by atoms with Crippen molar-refractivity contribution < 1.29 is 16.5 Å². The van der Waals surface area contributed by atoms with Gasteiger partial charge in [0.25, 0.3) is 0 Å². The minimum atomic E-state index is 0. The Bertz CT molecular complexity index is 1200. The van der Waals surface area contributed by atoms with E-state index in [1.165, 1.54) is 43.8 Å². The quantitative estimate of drug-likeness (QED) is 0.187. The summed E-state index contributed by atoms with van der Waals surface area (Å²) in [6, 6.07) is 46.9. The van der Waals surface area contributed by atoms with Crippen LogP contribution in [-0.4, -0.2) is 0 Å². The first-order chi connectivity index (χ1) is 14.9. The van der Waals surface area contributed by atoms with Gasteiger partial charge in [0.05, 0.1) is 0 Å². The number of hydrogen-bond acceptors (Lipinski definition) is 0. The first kappa shape index (κ1) is 20.8. The minimum absolute atomic E-state index is 0. The van der Waals surface area contributed by atoms with Gasteiger partial charge in [-0.3, -0.25) is 0 Å². The Morgan fingerprint density at radius 1 is 0.387 bits per heavy atom. The second-order valence-electron chi connectivity index (χ2n) is 7.48. The maximum atomic E-state index is 2.24. The number of fused-ring (bicyclic) bond motifs is 2. The molecule has 6 aromatic rings. The van der Waals surface area contributed by atoms with Crippen LogP contribution in [0.15, 0.2) is 133 Å². The maximum Gasteiger partial charge on any atom is 2.00 e. The van der Waals surface area contributed by atoms with Crippen LogP contribution in [0, 0.1) is 0 Å². The van der Waals surface area contributed by atoms with Crippen molar-refractivity contribution >= 4 is 21.5 Å². The largest absolute Gasteiger partial charge is 2.00 e. The summed E-state index contributed by atoms with van der Waals surface area (Å²) < 4.78 is 0. The van der Waals surface area contributed by atoms with Crippen LogP contribution in [0.3, 0.4) is 0 Å². The van der Waals surface area contributed by atoms with Gasteiger partial charge in [-0.15, -0.1) is 69.1 Å². The molecule has 0 saturated heterocycles. The molecule has 6 aromatic carbocycles. The molecule has 152 valence electrons. The van der Waals surface area contributed by atoms with Gasteiger partial charge >= 0.3 is 16.5 Å². The molecular weight excluding hydrogens is 419 g/mol. The average Bonchev–Trinajstić information content (AvgIpc) is 3.45. The Labute approximate surface area is 193 Å². The van der Waals surface area contributed by atoms with E-state index >= 15 is 0 Å². The molecule has 1 heteroatoms. The fourth-order valence-electron chi connectivity index (χ4n) is 3.90. The average molecular weight is 441 g/mol. The fourth-order valence-corrected chi connectivity index (χ4v) is 3.90. The van der Waals surface area contributed by atoms with Crippen LogP contribution in [0.25, 0.3) is 43.8 Å². The maximum absolute atomic E-state index is 2.24. The normalized spacial score (nSPS) is 10.3. The van der Waals surface area contributed by atoms with Crippen LogP contribution < -0.4 is 0 Å². The Morgan fingerprint density at radius 3 is 1.13 bits per heavy atom.